The number of carbonyl (C=O) groups is 1. The maximum absolute atomic E-state index is 13.6. The first-order chi connectivity index (χ1) is 12.4. The Kier molecular flexibility index (Phi) is 5.20. The first-order valence-electron chi connectivity index (χ1n) is 8.41. The summed E-state index contributed by atoms with van der Waals surface area (Å²) in [5.41, 5.74) is -0.00199. The molecular weight excluding hydrogens is 347 g/mol. The van der Waals surface area contributed by atoms with Gasteiger partial charge >= 0.3 is 0 Å². The predicted molar refractivity (Wildman–Crippen MR) is 88.7 cm³/mol. The highest BCUT2D eigenvalue weighted by atomic mass is 19.3. The van der Waals surface area contributed by atoms with Gasteiger partial charge in [0.1, 0.15) is 23.9 Å². The number of hydrogen-bond donors (Lipinski definition) is 0. The number of benzene rings is 1. The van der Waals surface area contributed by atoms with Crippen molar-refractivity contribution in [3.05, 3.63) is 47.0 Å². The third-order valence-electron chi connectivity index (χ3n) is 4.15. The van der Waals surface area contributed by atoms with Crippen LogP contribution in [0.15, 0.2) is 24.4 Å². The summed E-state index contributed by atoms with van der Waals surface area (Å²) in [4.78, 5) is 14.2. The number of rotatable bonds is 4. The van der Waals surface area contributed by atoms with Crippen LogP contribution in [0, 0.1) is 11.7 Å². The monoisotopic (exact) mass is 367 g/mol. The molecule has 1 amide bonds. The minimum atomic E-state index is -2.82. The van der Waals surface area contributed by atoms with E-state index in [4.69, 9.17) is 4.74 Å². The summed E-state index contributed by atoms with van der Waals surface area (Å²) >= 11 is 0. The summed E-state index contributed by atoms with van der Waals surface area (Å²) in [5.74, 6) is -0.404. The van der Waals surface area contributed by atoms with E-state index in [9.17, 15) is 18.0 Å². The van der Waals surface area contributed by atoms with Crippen LogP contribution < -0.4 is 4.74 Å². The number of alkyl halides is 2. The van der Waals surface area contributed by atoms with Gasteiger partial charge in [0.25, 0.3) is 12.3 Å². The van der Waals surface area contributed by atoms with Gasteiger partial charge in [0.15, 0.2) is 0 Å². The fraction of sp³-hybridized carbons (Fsp3) is 0.444. The second-order valence-corrected chi connectivity index (χ2v) is 6.65. The average molecular weight is 367 g/mol. The lowest BCUT2D eigenvalue weighted by molar-refractivity contribution is 0.0718. The Hall–Kier alpha value is -2.51. The molecule has 1 aliphatic heterocycles. The molecule has 0 radical (unpaired) electrons. The van der Waals surface area contributed by atoms with Crippen molar-refractivity contribution in [1.29, 1.82) is 0 Å². The van der Waals surface area contributed by atoms with Crippen molar-refractivity contribution in [2.24, 2.45) is 5.92 Å². The predicted octanol–water partition coefficient (Wildman–Crippen LogP) is 3.65. The molecule has 0 atom stereocenters. The molecule has 0 bridgehead atoms. The molecule has 8 heteroatoms. The highest BCUT2D eigenvalue weighted by molar-refractivity contribution is 5.95. The van der Waals surface area contributed by atoms with Crippen molar-refractivity contribution < 1.29 is 22.7 Å². The number of nitrogens with zero attached hydrogens (tertiary/aromatic N) is 3. The molecule has 3 rings (SSSR count). The minimum Gasteiger partial charge on any atom is -0.491 e. The number of halogens is 3. The molecule has 1 aromatic heterocycles. The summed E-state index contributed by atoms with van der Waals surface area (Å²) in [6, 6.07) is 4.07. The van der Waals surface area contributed by atoms with Gasteiger partial charge in [-0.2, -0.15) is 5.10 Å². The van der Waals surface area contributed by atoms with Crippen LogP contribution in [0.25, 0.3) is 0 Å². The number of amides is 1. The topological polar surface area (TPSA) is 47.4 Å². The van der Waals surface area contributed by atoms with E-state index in [-0.39, 0.29) is 36.9 Å². The Morgan fingerprint density at radius 1 is 1.35 bits per heavy atom. The third kappa shape index (κ3) is 3.68. The smallest absolute Gasteiger partial charge is 0.280 e. The normalized spacial score (nSPS) is 14.3. The zero-order valence-electron chi connectivity index (χ0n) is 14.6. The van der Waals surface area contributed by atoms with Gasteiger partial charge in [-0.15, -0.1) is 0 Å². The average Bonchev–Trinajstić information content (AvgIpc) is 2.86. The van der Waals surface area contributed by atoms with E-state index in [0.29, 0.717) is 17.9 Å². The van der Waals surface area contributed by atoms with Crippen LogP contribution in [0.1, 0.15) is 41.9 Å². The highest BCUT2D eigenvalue weighted by Gasteiger charge is 2.29. The SMILES string of the molecule is CC(C)Cn1ncc(C(=O)N2CCOc3ccc(F)cc3C2)c1C(F)F. The molecule has 0 N–H and O–H groups in total. The van der Waals surface area contributed by atoms with E-state index < -0.39 is 18.1 Å². The van der Waals surface area contributed by atoms with Crippen LogP contribution in [0.3, 0.4) is 0 Å². The van der Waals surface area contributed by atoms with Crippen LogP contribution in [-0.2, 0) is 13.1 Å². The zero-order chi connectivity index (χ0) is 18.8. The van der Waals surface area contributed by atoms with Crippen molar-refractivity contribution >= 4 is 5.91 Å². The molecule has 0 unspecified atom stereocenters. The quantitative estimate of drug-likeness (QED) is 0.829. The summed E-state index contributed by atoms with van der Waals surface area (Å²) in [6.07, 6.45) is -1.63. The second-order valence-electron chi connectivity index (χ2n) is 6.65. The fourth-order valence-corrected chi connectivity index (χ4v) is 2.99. The summed E-state index contributed by atoms with van der Waals surface area (Å²) in [7, 11) is 0. The standard InChI is InChI=1S/C18H20F3N3O2/c1-11(2)9-24-16(17(20)21)14(8-22-24)18(25)23-5-6-26-15-4-3-13(19)7-12(15)10-23/h3-4,7-8,11,17H,5-6,9-10H2,1-2H3. The largest absolute Gasteiger partial charge is 0.491 e. The molecule has 1 aliphatic rings. The molecule has 1 aromatic carbocycles. The lowest BCUT2D eigenvalue weighted by Crippen LogP contribution is -2.33. The third-order valence-corrected chi connectivity index (χ3v) is 4.15. The Morgan fingerprint density at radius 3 is 2.81 bits per heavy atom. The summed E-state index contributed by atoms with van der Waals surface area (Å²) in [6.45, 7) is 4.57. The van der Waals surface area contributed by atoms with Gasteiger partial charge in [0.2, 0.25) is 0 Å². The van der Waals surface area contributed by atoms with Crippen LogP contribution in [0.4, 0.5) is 13.2 Å². The van der Waals surface area contributed by atoms with Gasteiger partial charge < -0.3 is 9.64 Å². The zero-order valence-corrected chi connectivity index (χ0v) is 14.6. The Bertz CT molecular complexity index is 805. The number of ether oxygens (including phenoxy) is 1. The van der Waals surface area contributed by atoms with Gasteiger partial charge in [-0.1, -0.05) is 13.8 Å². The van der Waals surface area contributed by atoms with Crippen LogP contribution in [0.2, 0.25) is 0 Å². The van der Waals surface area contributed by atoms with Crippen molar-refractivity contribution in [2.75, 3.05) is 13.2 Å². The molecule has 26 heavy (non-hydrogen) atoms. The Balaban J connectivity index is 1.90. The maximum atomic E-state index is 13.6. The van der Waals surface area contributed by atoms with Crippen LogP contribution in [0.5, 0.6) is 5.75 Å². The van der Waals surface area contributed by atoms with Crippen LogP contribution in [-0.4, -0.2) is 33.7 Å². The van der Waals surface area contributed by atoms with Gasteiger partial charge in [0, 0.05) is 18.7 Å². The van der Waals surface area contributed by atoms with Crippen molar-refractivity contribution in [2.45, 2.75) is 33.4 Å². The number of fused-ring (bicyclic) bond motifs is 1. The number of hydrogen-bond acceptors (Lipinski definition) is 3. The molecule has 0 saturated heterocycles. The van der Waals surface area contributed by atoms with Crippen LogP contribution >= 0.6 is 0 Å². The van der Waals surface area contributed by atoms with Gasteiger partial charge in [-0.05, 0) is 24.1 Å². The first kappa shape index (κ1) is 18.3. The van der Waals surface area contributed by atoms with Crippen molar-refractivity contribution in [3.8, 4) is 5.75 Å². The Morgan fingerprint density at radius 2 is 2.12 bits per heavy atom. The fourth-order valence-electron chi connectivity index (χ4n) is 2.99. The number of aromatic nitrogens is 2. The summed E-state index contributed by atoms with van der Waals surface area (Å²) < 4.78 is 47.3. The lowest BCUT2D eigenvalue weighted by Gasteiger charge is -2.20. The highest BCUT2D eigenvalue weighted by Crippen LogP contribution is 2.28. The van der Waals surface area contributed by atoms with Gasteiger partial charge in [-0.3, -0.25) is 9.48 Å². The summed E-state index contributed by atoms with van der Waals surface area (Å²) in [5, 5.41) is 3.97. The van der Waals surface area contributed by atoms with E-state index in [0.717, 1.165) is 0 Å². The molecule has 2 heterocycles. The molecule has 5 nitrogen and oxygen atoms in total. The van der Waals surface area contributed by atoms with E-state index in [1.54, 1.807) is 0 Å². The molecule has 2 aromatic rings. The van der Waals surface area contributed by atoms with E-state index in [1.165, 1.54) is 34.0 Å². The second kappa shape index (κ2) is 7.39. The number of carbonyl (C=O) groups excluding carboxylic acids is 1. The minimum absolute atomic E-state index is 0.0873. The molecule has 0 spiro atoms. The van der Waals surface area contributed by atoms with Crippen molar-refractivity contribution in [3.63, 3.8) is 0 Å². The first-order valence-corrected chi connectivity index (χ1v) is 8.41. The molecule has 140 valence electrons. The Labute approximate surface area is 149 Å². The van der Waals surface area contributed by atoms with E-state index in [1.807, 2.05) is 13.8 Å². The van der Waals surface area contributed by atoms with Gasteiger partial charge in [0.05, 0.1) is 18.3 Å². The lowest BCUT2D eigenvalue weighted by atomic mass is 10.1. The van der Waals surface area contributed by atoms with E-state index >= 15 is 0 Å². The maximum Gasteiger partial charge on any atom is 0.280 e. The molecular formula is C18H20F3N3O2. The van der Waals surface area contributed by atoms with Crippen molar-refractivity contribution in [1.82, 2.24) is 14.7 Å². The van der Waals surface area contributed by atoms with E-state index in [2.05, 4.69) is 5.10 Å². The molecule has 0 saturated carbocycles. The molecule has 0 fully saturated rings. The van der Waals surface area contributed by atoms with Gasteiger partial charge in [-0.25, -0.2) is 13.2 Å². The molecule has 0 aliphatic carbocycles.